The van der Waals surface area contributed by atoms with Crippen LogP contribution in [0.3, 0.4) is 0 Å². The zero-order valence-corrected chi connectivity index (χ0v) is 13.5. The fourth-order valence-corrected chi connectivity index (χ4v) is 2.77. The summed E-state index contributed by atoms with van der Waals surface area (Å²) in [5.74, 6) is 0.489. The molecule has 0 aliphatic carbocycles. The highest BCUT2D eigenvalue weighted by molar-refractivity contribution is 9.11. The van der Waals surface area contributed by atoms with Crippen LogP contribution in [0.2, 0.25) is 0 Å². The van der Waals surface area contributed by atoms with Gasteiger partial charge < -0.3 is 5.73 Å². The molecule has 3 aromatic rings. The Balaban J connectivity index is 2.18. The lowest BCUT2D eigenvalue weighted by Crippen LogP contribution is -1.97. The maximum Gasteiger partial charge on any atom is 0.123 e. The lowest BCUT2D eigenvalue weighted by molar-refractivity contribution is 1.05. The van der Waals surface area contributed by atoms with Crippen LogP contribution >= 0.6 is 31.9 Å². The summed E-state index contributed by atoms with van der Waals surface area (Å²) in [7, 11) is 0. The molecule has 0 spiro atoms. The molecule has 20 heavy (non-hydrogen) atoms. The largest absolute Gasteiger partial charge is 0.384 e. The fraction of sp³-hybridized carbons (Fsp3) is 0. The van der Waals surface area contributed by atoms with Gasteiger partial charge in [0, 0.05) is 20.7 Å². The molecule has 0 bridgehead atoms. The van der Waals surface area contributed by atoms with Gasteiger partial charge in [-0.05, 0) is 46.3 Å². The van der Waals surface area contributed by atoms with Gasteiger partial charge in [-0.1, -0.05) is 15.9 Å². The Morgan fingerprint density at radius 1 is 1.10 bits per heavy atom. The number of pyridine rings is 1. The monoisotopic (exact) mass is 392 g/mol. The molecule has 2 N–H and O–H groups in total. The van der Waals surface area contributed by atoms with Crippen LogP contribution in [0.4, 0.5) is 5.82 Å². The predicted octanol–water partition coefficient (Wildman–Crippen LogP) is 4.04. The molecule has 0 amide bonds. The highest BCUT2D eigenvalue weighted by Crippen LogP contribution is 2.29. The Bertz CT molecular complexity index is 767. The SMILES string of the molecule is Nc1cc(-c2cncn2-c2cc(Br)ccc2Br)ccn1. The van der Waals surface area contributed by atoms with Crippen LogP contribution in [-0.2, 0) is 0 Å². The molecule has 0 saturated heterocycles. The van der Waals surface area contributed by atoms with E-state index in [1.54, 1.807) is 12.5 Å². The highest BCUT2D eigenvalue weighted by atomic mass is 79.9. The van der Waals surface area contributed by atoms with E-state index in [2.05, 4.69) is 41.8 Å². The summed E-state index contributed by atoms with van der Waals surface area (Å²) < 4.78 is 4.00. The van der Waals surface area contributed by atoms with Gasteiger partial charge in [0.1, 0.15) is 5.82 Å². The van der Waals surface area contributed by atoms with Crippen molar-refractivity contribution in [1.29, 1.82) is 0 Å². The molecule has 100 valence electrons. The van der Waals surface area contributed by atoms with Crippen LogP contribution < -0.4 is 5.73 Å². The van der Waals surface area contributed by atoms with Crippen molar-refractivity contribution in [2.24, 2.45) is 0 Å². The van der Waals surface area contributed by atoms with Crippen molar-refractivity contribution in [2.45, 2.75) is 0 Å². The first-order valence-electron chi connectivity index (χ1n) is 5.85. The van der Waals surface area contributed by atoms with E-state index >= 15 is 0 Å². The second-order valence-electron chi connectivity index (χ2n) is 4.21. The fourth-order valence-electron chi connectivity index (χ4n) is 1.98. The van der Waals surface area contributed by atoms with E-state index in [-0.39, 0.29) is 0 Å². The van der Waals surface area contributed by atoms with Crippen LogP contribution in [0.1, 0.15) is 0 Å². The zero-order chi connectivity index (χ0) is 14.1. The first-order valence-corrected chi connectivity index (χ1v) is 7.43. The van der Waals surface area contributed by atoms with E-state index in [0.29, 0.717) is 5.82 Å². The number of imidazole rings is 1. The van der Waals surface area contributed by atoms with Crippen LogP contribution in [0.5, 0.6) is 0 Å². The molecule has 0 saturated carbocycles. The number of aromatic nitrogens is 3. The molecule has 2 heterocycles. The minimum atomic E-state index is 0.489. The summed E-state index contributed by atoms with van der Waals surface area (Å²) >= 11 is 7.06. The minimum Gasteiger partial charge on any atom is -0.384 e. The van der Waals surface area contributed by atoms with Gasteiger partial charge in [-0.15, -0.1) is 0 Å². The quantitative estimate of drug-likeness (QED) is 0.714. The molecule has 0 aliphatic rings. The number of rotatable bonds is 2. The lowest BCUT2D eigenvalue weighted by atomic mass is 10.2. The van der Waals surface area contributed by atoms with E-state index in [9.17, 15) is 0 Å². The molecular formula is C14H10Br2N4. The second-order valence-corrected chi connectivity index (χ2v) is 5.98. The molecule has 0 fully saturated rings. The van der Waals surface area contributed by atoms with E-state index in [1.165, 1.54) is 0 Å². The van der Waals surface area contributed by atoms with Gasteiger partial charge in [0.25, 0.3) is 0 Å². The van der Waals surface area contributed by atoms with Crippen LogP contribution in [0.15, 0.2) is 58.0 Å². The minimum absolute atomic E-state index is 0.489. The summed E-state index contributed by atoms with van der Waals surface area (Å²) in [5.41, 5.74) is 8.68. The van der Waals surface area contributed by atoms with Crippen molar-refractivity contribution in [3.63, 3.8) is 0 Å². The summed E-state index contributed by atoms with van der Waals surface area (Å²) in [6.07, 6.45) is 5.28. The van der Waals surface area contributed by atoms with E-state index in [1.807, 2.05) is 41.1 Å². The zero-order valence-electron chi connectivity index (χ0n) is 10.3. The molecule has 6 heteroatoms. The van der Waals surface area contributed by atoms with E-state index < -0.39 is 0 Å². The smallest absolute Gasteiger partial charge is 0.123 e. The topological polar surface area (TPSA) is 56.7 Å². The molecule has 0 radical (unpaired) electrons. The summed E-state index contributed by atoms with van der Waals surface area (Å²) in [6.45, 7) is 0. The number of anilines is 1. The molecule has 3 rings (SSSR count). The Morgan fingerprint density at radius 2 is 1.95 bits per heavy atom. The lowest BCUT2D eigenvalue weighted by Gasteiger charge is -2.11. The number of halogens is 2. The van der Waals surface area contributed by atoms with Gasteiger partial charge in [-0.2, -0.15) is 0 Å². The van der Waals surface area contributed by atoms with E-state index in [0.717, 1.165) is 25.9 Å². The van der Waals surface area contributed by atoms with E-state index in [4.69, 9.17) is 5.73 Å². The number of nitrogens with two attached hydrogens (primary N) is 1. The van der Waals surface area contributed by atoms with Crippen molar-refractivity contribution >= 4 is 37.7 Å². The van der Waals surface area contributed by atoms with Crippen molar-refractivity contribution in [3.05, 3.63) is 58.0 Å². The van der Waals surface area contributed by atoms with Gasteiger partial charge in [0.05, 0.1) is 23.9 Å². The highest BCUT2D eigenvalue weighted by Gasteiger charge is 2.10. The van der Waals surface area contributed by atoms with Crippen molar-refractivity contribution in [2.75, 3.05) is 5.73 Å². The van der Waals surface area contributed by atoms with Gasteiger partial charge in [-0.3, -0.25) is 4.57 Å². The molecule has 0 unspecified atom stereocenters. The third-order valence-corrected chi connectivity index (χ3v) is 4.05. The number of benzene rings is 1. The van der Waals surface area contributed by atoms with Crippen molar-refractivity contribution in [1.82, 2.24) is 14.5 Å². The molecule has 2 aromatic heterocycles. The Labute approximate surface area is 132 Å². The average molecular weight is 394 g/mol. The van der Waals surface area contributed by atoms with Gasteiger partial charge >= 0.3 is 0 Å². The third kappa shape index (κ3) is 2.48. The predicted molar refractivity (Wildman–Crippen MR) is 86.6 cm³/mol. The van der Waals surface area contributed by atoms with Gasteiger partial charge in [-0.25, -0.2) is 9.97 Å². The van der Waals surface area contributed by atoms with Crippen LogP contribution in [-0.4, -0.2) is 14.5 Å². The third-order valence-electron chi connectivity index (χ3n) is 2.88. The summed E-state index contributed by atoms with van der Waals surface area (Å²) in [5, 5.41) is 0. The van der Waals surface area contributed by atoms with Crippen LogP contribution in [0.25, 0.3) is 16.9 Å². The average Bonchev–Trinajstić information content (AvgIpc) is 2.90. The summed E-state index contributed by atoms with van der Waals surface area (Å²) in [6, 6.07) is 9.74. The maximum absolute atomic E-state index is 5.75. The molecule has 0 atom stereocenters. The van der Waals surface area contributed by atoms with Gasteiger partial charge in [0.2, 0.25) is 0 Å². The molecule has 0 aliphatic heterocycles. The summed E-state index contributed by atoms with van der Waals surface area (Å²) in [4.78, 5) is 8.26. The molecule has 4 nitrogen and oxygen atoms in total. The van der Waals surface area contributed by atoms with Crippen molar-refractivity contribution in [3.8, 4) is 16.9 Å². The van der Waals surface area contributed by atoms with Crippen molar-refractivity contribution < 1.29 is 0 Å². The second kappa shape index (κ2) is 5.38. The standard InChI is InChI=1S/C14H10Br2N4/c15-10-1-2-11(16)12(6-10)20-8-18-7-13(20)9-3-4-19-14(17)5-9/h1-8H,(H2,17,19). The number of nitrogens with zero attached hydrogens (tertiary/aromatic N) is 3. The number of nitrogen functional groups attached to an aromatic ring is 1. The first-order chi connectivity index (χ1) is 9.65. The Kier molecular flexibility index (Phi) is 3.58. The Hall–Kier alpha value is -1.66. The molecular weight excluding hydrogens is 384 g/mol. The first kappa shape index (κ1) is 13.3. The van der Waals surface area contributed by atoms with Gasteiger partial charge in [0.15, 0.2) is 0 Å². The van der Waals surface area contributed by atoms with Crippen LogP contribution in [0, 0.1) is 0 Å². The number of hydrogen-bond donors (Lipinski definition) is 1. The Morgan fingerprint density at radius 3 is 2.75 bits per heavy atom. The normalized spacial score (nSPS) is 10.7. The number of hydrogen-bond acceptors (Lipinski definition) is 3. The maximum atomic E-state index is 5.75. The molecule has 1 aromatic carbocycles.